The number of nitrogens with zero attached hydrogens (tertiary/aromatic N) is 2. The first kappa shape index (κ1) is 76.0. The summed E-state index contributed by atoms with van der Waals surface area (Å²) in [6, 6.07) is 188. The molecule has 576 valence electrons. The second-order valence-corrected chi connectivity index (χ2v) is 30.7. The molecule has 0 atom stereocenters. The maximum absolute atomic E-state index is 2.35. The van der Waals surface area contributed by atoms with E-state index in [1.54, 1.807) is 0 Å². The molecule has 0 saturated carbocycles. The first-order valence-corrected chi connectivity index (χ1v) is 41.8. The van der Waals surface area contributed by atoms with Gasteiger partial charge in [0.25, 0.3) is 0 Å². The van der Waals surface area contributed by atoms with Crippen LogP contribution in [0.15, 0.2) is 522 Å². The lowest BCUT2D eigenvalue weighted by Gasteiger charge is -2.26. The van der Waals surface area contributed by atoms with E-state index in [1.165, 1.54) is 156 Å². The first-order valence-electron chi connectivity index (χ1n) is 41.8. The predicted molar refractivity (Wildman–Crippen MR) is 518 cm³/mol. The van der Waals surface area contributed by atoms with Gasteiger partial charge in [0.15, 0.2) is 0 Å². The first-order chi connectivity index (χ1) is 60.5. The van der Waals surface area contributed by atoms with Crippen molar-refractivity contribution < 1.29 is 0 Å². The average Bonchev–Trinajstić information content (AvgIpc) is 0.804. The summed E-state index contributed by atoms with van der Waals surface area (Å²) < 4.78 is 0. The summed E-state index contributed by atoms with van der Waals surface area (Å²) in [5, 5.41) is 0. The van der Waals surface area contributed by atoms with Crippen molar-refractivity contribution in [1.29, 1.82) is 0 Å². The minimum Gasteiger partial charge on any atom is -0.311 e. The molecule has 20 aromatic carbocycles. The van der Waals surface area contributed by atoms with Crippen LogP contribution in [0, 0.1) is 0 Å². The summed E-state index contributed by atoms with van der Waals surface area (Å²) in [5.41, 5.74) is 40.2. The Labute approximate surface area is 716 Å². The molecule has 0 bridgehead atoms. The molecule has 2 nitrogen and oxygen atoms in total. The summed E-state index contributed by atoms with van der Waals surface area (Å²) in [5.74, 6) is 0. The summed E-state index contributed by atoms with van der Waals surface area (Å²) in [4.78, 5) is 4.70. The van der Waals surface area contributed by atoms with Crippen LogP contribution in [0.2, 0.25) is 0 Å². The zero-order valence-electron chi connectivity index (χ0n) is 67.5. The maximum atomic E-state index is 2.35. The molecular formula is C120H86N2. The number of benzene rings is 20. The Bertz CT molecular complexity index is 6560. The predicted octanol–water partition coefficient (Wildman–Crippen LogP) is 33.7. The fourth-order valence-electron chi connectivity index (χ4n) is 16.6. The van der Waals surface area contributed by atoms with Gasteiger partial charge in [-0.25, -0.2) is 0 Å². The fourth-order valence-corrected chi connectivity index (χ4v) is 16.6. The minimum atomic E-state index is 1.09. The van der Waals surface area contributed by atoms with Crippen molar-refractivity contribution in [3.05, 3.63) is 522 Å². The maximum Gasteiger partial charge on any atom is 0.0462 e. The number of rotatable bonds is 20. The van der Waals surface area contributed by atoms with E-state index in [0.717, 1.165) is 34.1 Å². The second kappa shape index (κ2) is 35.8. The molecule has 0 N–H and O–H groups in total. The van der Waals surface area contributed by atoms with Crippen LogP contribution < -0.4 is 9.80 Å². The highest BCUT2D eigenvalue weighted by atomic mass is 15.1. The van der Waals surface area contributed by atoms with Gasteiger partial charge in [0.05, 0.1) is 0 Å². The highest BCUT2D eigenvalue weighted by Gasteiger charge is 2.20. The van der Waals surface area contributed by atoms with E-state index in [1.807, 2.05) is 0 Å². The van der Waals surface area contributed by atoms with Crippen LogP contribution in [0.25, 0.3) is 156 Å². The molecule has 0 aromatic heterocycles. The molecule has 122 heavy (non-hydrogen) atoms. The van der Waals surface area contributed by atoms with Crippen molar-refractivity contribution in [3.63, 3.8) is 0 Å². The third-order valence-electron chi connectivity index (χ3n) is 23.1. The zero-order valence-corrected chi connectivity index (χ0v) is 67.5. The standard InChI is InChI=1S/2C60H43N/c1-5-13-44(14-6-1)47-21-25-49(26-22-47)51-29-36-56(37-30-51)61(57-38-31-52(32-39-57)50-27-23-48(24-28-50)45-15-7-2-8-16-45)58-40-33-54(34-41-58)60-43-55(46-17-9-3-10-18-46)35-42-59(60)53-19-11-4-12-20-53;1-4-13-44(14-5-1)47-23-27-49(28-24-47)51-31-37-56(38-32-51)61(57-39-33-52(34-40-57)50-29-25-48(26-30-50)45-15-6-2-7-16-45)58-41-35-53(36-42-58)59-21-10-11-22-60(59)55-20-12-19-54(43-55)46-17-8-3-9-18-46/h2*1-43H. The van der Waals surface area contributed by atoms with Gasteiger partial charge in [0.2, 0.25) is 0 Å². The molecule has 0 saturated heterocycles. The zero-order chi connectivity index (χ0) is 81.6. The summed E-state index contributed by atoms with van der Waals surface area (Å²) >= 11 is 0. The third-order valence-corrected chi connectivity index (χ3v) is 23.1. The van der Waals surface area contributed by atoms with Gasteiger partial charge < -0.3 is 9.80 Å². The SMILES string of the molecule is c1ccc(-c2ccc(-c3ccc(N(c4ccc(-c5ccc(-c6ccccc6)cc5)cc4)c4ccc(-c5cc(-c6ccccc6)ccc5-c5ccccc5)cc4)cc3)cc2)cc1.c1ccc(-c2ccc(-c3ccc(N(c4ccc(-c5ccc(-c6ccccc6)cc5)cc4)c4ccc(-c5ccccc5-c5cccc(-c6ccccc6)c5)cc4)cc3)cc2)cc1. The molecule has 0 fully saturated rings. The molecular weight excluding hydrogens is 1470 g/mol. The van der Waals surface area contributed by atoms with E-state index in [9.17, 15) is 0 Å². The van der Waals surface area contributed by atoms with Gasteiger partial charge in [-0.1, -0.05) is 437 Å². The van der Waals surface area contributed by atoms with Crippen LogP contribution in [0.4, 0.5) is 34.1 Å². The monoisotopic (exact) mass is 1550 g/mol. The van der Waals surface area contributed by atoms with E-state index in [4.69, 9.17) is 0 Å². The van der Waals surface area contributed by atoms with Crippen LogP contribution in [0.5, 0.6) is 0 Å². The van der Waals surface area contributed by atoms with Gasteiger partial charge in [0, 0.05) is 34.1 Å². The summed E-state index contributed by atoms with van der Waals surface area (Å²) in [6.45, 7) is 0. The highest BCUT2D eigenvalue weighted by Crippen LogP contribution is 2.44. The Morgan fingerprint density at radius 3 is 0.492 bits per heavy atom. The average molecular weight is 1560 g/mol. The summed E-state index contributed by atoms with van der Waals surface area (Å²) in [7, 11) is 0. The fraction of sp³-hybridized carbons (Fsp3) is 0. The van der Waals surface area contributed by atoms with Gasteiger partial charge >= 0.3 is 0 Å². The smallest absolute Gasteiger partial charge is 0.0462 e. The van der Waals surface area contributed by atoms with Crippen molar-refractivity contribution in [1.82, 2.24) is 0 Å². The topological polar surface area (TPSA) is 6.48 Å². The van der Waals surface area contributed by atoms with Crippen molar-refractivity contribution >= 4 is 34.1 Å². The molecule has 2 heteroatoms. The molecule has 0 amide bonds. The Hall–Kier alpha value is -16.0. The normalized spacial score (nSPS) is 11.0. The van der Waals surface area contributed by atoms with Crippen molar-refractivity contribution in [2.24, 2.45) is 0 Å². The lowest BCUT2D eigenvalue weighted by atomic mass is 9.91. The molecule has 0 heterocycles. The van der Waals surface area contributed by atoms with E-state index in [-0.39, 0.29) is 0 Å². The van der Waals surface area contributed by atoms with Gasteiger partial charge in [-0.3, -0.25) is 0 Å². The van der Waals surface area contributed by atoms with Crippen LogP contribution >= 0.6 is 0 Å². The molecule has 0 aliphatic rings. The Morgan fingerprint density at radius 1 is 0.0820 bits per heavy atom. The van der Waals surface area contributed by atoms with Crippen LogP contribution in [0.3, 0.4) is 0 Å². The Morgan fingerprint density at radius 2 is 0.230 bits per heavy atom. The highest BCUT2D eigenvalue weighted by molar-refractivity contribution is 5.91. The number of hydrogen-bond acceptors (Lipinski definition) is 2. The Kier molecular flexibility index (Phi) is 22.3. The van der Waals surface area contributed by atoms with Gasteiger partial charge in [0.1, 0.15) is 0 Å². The molecule has 0 radical (unpaired) electrons. The Balaban J connectivity index is 0.000000161. The second-order valence-electron chi connectivity index (χ2n) is 30.7. The van der Waals surface area contributed by atoms with Gasteiger partial charge in [-0.15, -0.1) is 0 Å². The minimum absolute atomic E-state index is 1.09. The van der Waals surface area contributed by atoms with Crippen molar-refractivity contribution in [3.8, 4) is 156 Å². The quantitative estimate of drug-likeness (QED) is 0.0750. The van der Waals surface area contributed by atoms with Crippen LogP contribution in [-0.2, 0) is 0 Å². The molecule has 0 aliphatic heterocycles. The molecule has 20 aromatic rings. The van der Waals surface area contributed by atoms with Crippen molar-refractivity contribution in [2.75, 3.05) is 9.80 Å². The molecule has 20 rings (SSSR count). The molecule has 0 unspecified atom stereocenters. The molecule has 0 spiro atoms. The van der Waals surface area contributed by atoms with E-state index < -0.39 is 0 Å². The lowest BCUT2D eigenvalue weighted by Crippen LogP contribution is -2.09. The third kappa shape index (κ3) is 17.1. The number of anilines is 6. The largest absolute Gasteiger partial charge is 0.311 e. The molecule has 0 aliphatic carbocycles. The van der Waals surface area contributed by atoms with E-state index in [2.05, 4.69) is 532 Å². The summed E-state index contributed by atoms with van der Waals surface area (Å²) in [6.07, 6.45) is 0. The van der Waals surface area contributed by atoms with Crippen LogP contribution in [0.1, 0.15) is 0 Å². The van der Waals surface area contributed by atoms with Gasteiger partial charge in [-0.05, 0) is 241 Å². The van der Waals surface area contributed by atoms with E-state index >= 15 is 0 Å². The van der Waals surface area contributed by atoms with Gasteiger partial charge in [-0.2, -0.15) is 0 Å². The van der Waals surface area contributed by atoms with Crippen LogP contribution in [-0.4, -0.2) is 0 Å². The number of hydrogen-bond donors (Lipinski definition) is 0. The lowest BCUT2D eigenvalue weighted by molar-refractivity contribution is 1.28. The van der Waals surface area contributed by atoms with Crippen molar-refractivity contribution in [2.45, 2.75) is 0 Å². The van der Waals surface area contributed by atoms with E-state index in [0.29, 0.717) is 0 Å².